The van der Waals surface area contributed by atoms with Crippen molar-refractivity contribution in [1.82, 2.24) is 9.55 Å². The molecule has 23 heteroatoms. The monoisotopic (exact) mass is 629 g/mol. The van der Waals surface area contributed by atoms with Crippen LogP contribution in [0.4, 0.5) is 5.82 Å². The molecule has 1 aliphatic heterocycles. The second-order valence-corrected chi connectivity index (χ2v) is 14.7. The summed E-state index contributed by atoms with van der Waals surface area (Å²) in [4.78, 5) is 86.1. The summed E-state index contributed by atoms with van der Waals surface area (Å²) in [5, 5.41) is 46.1. The molecule has 3 unspecified atom stereocenters. The molecule has 0 amide bonds. The first kappa shape index (κ1) is 32.4. The standard InChI is InChI=1S/C16H30N3O17P3/c17-10-1-2-19(15(25)18-10)14-13(24)12(23)9(35-14)5-34-39(32,33)36-16(37(26,27)28,38(29,30)31)6-3-7(20)11(22)8(21)4-6/h1-3,7-9,11-14,20-24,26-31,37-38H,4-5H2,(H,32,33)(H2,17,18,25)/t7?,8-,9+,11-,12?,13-,14+/m0/s1. The zero-order chi connectivity index (χ0) is 29.7. The number of aliphatic hydroxyl groups excluding tert-OH is 5. The van der Waals surface area contributed by atoms with E-state index in [1.165, 1.54) is 6.07 Å². The third kappa shape index (κ3) is 6.39. The molecule has 1 fully saturated rings. The Balaban J connectivity index is 1.88. The fraction of sp³-hybridized carbons (Fsp3) is 0.625. The Bertz CT molecular complexity index is 1170. The predicted molar refractivity (Wildman–Crippen MR) is 129 cm³/mol. The molecule has 2 heterocycles. The van der Waals surface area contributed by atoms with E-state index >= 15 is 0 Å². The summed E-state index contributed by atoms with van der Waals surface area (Å²) in [7, 11) is -18.6. The zero-order valence-corrected chi connectivity index (χ0v) is 22.4. The van der Waals surface area contributed by atoms with Crippen LogP contribution in [0.15, 0.2) is 28.7 Å². The van der Waals surface area contributed by atoms with Gasteiger partial charge in [0.05, 0.1) is 0 Å². The third-order valence-corrected chi connectivity index (χ3v) is 12.1. The van der Waals surface area contributed by atoms with Crippen LogP contribution in [0.2, 0.25) is 0 Å². The molecule has 226 valence electrons. The van der Waals surface area contributed by atoms with Crippen LogP contribution in [0.3, 0.4) is 0 Å². The molecule has 0 aromatic carbocycles. The van der Waals surface area contributed by atoms with Gasteiger partial charge < -0.3 is 5.73 Å². The van der Waals surface area contributed by atoms with E-state index in [-0.39, 0.29) is 5.82 Å². The molecule has 1 aliphatic carbocycles. The molecule has 0 radical (unpaired) electrons. The summed E-state index contributed by atoms with van der Waals surface area (Å²) >= 11 is 0. The summed E-state index contributed by atoms with van der Waals surface area (Å²) in [6, 6.07) is 1.17. The van der Waals surface area contributed by atoms with E-state index < -0.39 is 95.9 Å². The van der Waals surface area contributed by atoms with Gasteiger partial charge in [0, 0.05) is 0 Å². The summed E-state index contributed by atoms with van der Waals surface area (Å²) in [6.07, 6.45) is -12.4. The van der Waals surface area contributed by atoms with Crippen LogP contribution in [0, 0.1) is 0 Å². The van der Waals surface area contributed by atoms with E-state index in [0.29, 0.717) is 6.08 Å². The first-order valence-corrected chi connectivity index (χ1v) is 16.0. The molecule has 1 aromatic rings. The summed E-state index contributed by atoms with van der Waals surface area (Å²) in [5.41, 5.74) is 3.31. The van der Waals surface area contributed by atoms with Gasteiger partial charge in [-0.15, -0.1) is 0 Å². The number of phosphoric acid groups is 1. The van der Waals surface area contributed by atoms with Gasteiger partial charge in [0.1, 0.15) is 0 Å². The van der Waals surface area contributed by atoms with Crippen LogP contribution < -0.4 is 11.4 Å². The number of nitrogen functional groups attached to an aromatic ring is 1. The third-order valence-electron chi connectivity index (χ3n) is 6.06. The van der Waals surface area contributed by atoms with Crippen LogP contribution in [-0.4, -0.2) is 118 Å². The topological polar surface area (TPSA) is 348 Å². The van der Waals surface area contributed by atoms with Crippen molar-refractivity contribution in [3.05, 3.63) is 34.4 Å². The van der Waals surface area contributed by atoms with Gasteiger partial charge in [-0.3, -0.25) is 0 Å². The number of hydrogen-bond acceptors (Lipinski definition) is 18. The van der Waals surface area contributed by atoms with Crippen molar-refractivity contribution in [1.29, 1.82) is 0 Å². The maximum atomic E-state index is 12.8. The first-order chi connectivity index (χ1) is 17.7. The van der Waals surface area contributed by atoms with E-state index in [2.05, 4.69) is 14.0 Å². The van der Waals surface area contributed by atoms with E-state index in [1.807, 2.05) is 0 Å². The molecule has 39 heavy (non-hydrogen) atoms. The number of nitrogens with zero attached hydrogens (tertiary/aromatic N) is 2. The number of hydrogen-bond donors (Lipinski definition) is 13. The summed E-state index contributed by atoms with van der Waals surface area (Å²) < 4.78 is 28.0. The van der Waals surface area contributed by atoms with Crippen molar-refractivity contribution < 1.29 is 78.1 Å². The second-order valence-electron chi connectivity index (χ2n) is 8.84. The van der Waals surface area contributed by atoms with E-state index in [1.54, 1.807) is 0 Å². The van der Waals surface area contributed by atoms with Crippen molar-refractivity contribution in [2.75, 3.05) is 12.3 Å². The Morgan fingerprint density at radius 1 is 1.08 bits per heavy atom. The van der Waals surface area contributed by atoms with Crippen LogP contribution in [0.25, 0.3) is 0 Å². The Morgan fingerprint density at radius 3 is 2.18 bits per heavy atom. The minimum absolute atomic E-state index is 0.166. The molecule has 0 saturated carbocycles. The van der Waals surface area contributed by atoms with Gasteiger partial charge in [-0.05, 0) is 0 Å². The SMILES string of the molecule is Nc1ccn([C@@H]2O[C@H](COP(=O)(O)OC(C3=CC(O)[C@H](O)[C@@H](O)C3)([PH](O)(O)O)[PH](O)(O)O)C(O)[C@@H]2O)c(=O)n1. The number of aromatic nitrogens is 2. The number of phosphoric ester groups is 1. The molecular formula is C16H30N3O17P3. The van der Waals surface area contributed by atoms with Crippen LogP contribution in [0.5, 0.6) is 0 Å². The summed E-state index contributed by atoms with van der Waals surface area (Å²) in [5.74, 6) is -0.166. The average Bonchev–Trinajstić information content (AvgIpc) is 3.06. The van der Waals surface area contributed by atoms with Crippen LogP contribution in [-0.2, 0) is 18.3 Å². The summed E-state index contributed by atoms with van der Waals surface area (Å²) in [6.45, 7) is -1.16. The Hall–Kier alpha value is -1.09. The van der Waals surface area contributed by atoms with Crippen molar-refractivity contribution in [3.63, 3.8) is 0 Å². The van der Waals surface area contributed by atoms with E-state index in [0.717, 1.165) is 10.8 Å². The Kier molecular flexibility index (Phi) is 9.39. The molecular weight excluding hydrogens is 599 g/mol. The Morgan fingerprint density at radius 2 is 1.67 bits per heavy atom. The van der Waals surface area contributed by atoms with Gasteiger partial charge >= 0.3 is 213 Å². The number of rotatable bonds is 9. The average molecular weight is 629 g/mol. The zero-order valence-electron chi connectivity index (χ0n) is 19.5. The second kappa shape index (κ2) is 11.3. The number of nitrogens with two attached hydrogens (primary N) is 1. The molecule has 1 saturated heterocycles. The fourth-order valence-corrected chi connectivity index (χ4v) is 9.68. The minimum atomic E-state index is -6.37. The quantitative estimate of drug-likeness (QED) is 0.0895. The van der Waals surface area contributed by atoms with Crippen molar-refractivity contribution in [2.45, 2.75) is 54.4 Å². The van der Waals surface area contributed by atoms with Gasteiger partial charge in [-0.2, -0.15) is 0 Å². The molecule has 2 aliphatic rings. The molecule has 0 spiro atoms. The maximum absolute atomic E-state index is 12.8. The molecule has 14 N–H and O–H groups in total. The Labute approximate surface area is 218 Å². The first-order valence-electron chi connectivity index (χ1n) is 10.9. The van der Waals surface area contributed by atoms with Gasteiger partial charge in [0.15, 0.2) is 0 Å². The predicted octanol–water partition coefficient (Wildman–Crippen LogP) is -5.41. The van der Waals surface area contributed by atoms with Gasteiger partial charge in [0.25, 0.3) is 0 Å². The van der Waals surface area contributed by atoms with Crippen molar-refractivity contribution in [3.8, 4) is 0 Å². The van der Waals surface area contributed by atoms with Gasteiger partial charge in [-0.1, -0.05) is 0 Å². The molecule has 3 rings (SSSR count). The van der Waals surface area contributed by atoms with E-state index in [9.17, 15) is 69.1 Å². The van der Waals surface area contributed by atoms with Crippen molar-refractivity contribution >= 4 is 29.5 Å². The number of anilines is 1. The normalized spacial score (nSPS) is 34.2. The van der Waals surface area contributed by atoms with Gasteiger partial charge in [0.2, 0.25) is 0 Å². The molecule has 1 aromatic heterocycles. The van der Waals surface area contributed by atoms with E-state index in [4.69, 9.17) is 10.5 Å². The molecule has 0 bridgehead atoms. The van der Waals surface area contributed by atoms with Crippen LogP contribution in [0.1, 0.15) is 12.6 Å². The molecule has 20 nitrogen and oxygen atoms in total. The van der Waals surface area contributed by atoms with Gasteiger partial charge in [-0.25, -0.2) is 0 Å². The molecule has 8 atom stereocenters. The van der Waals surface area contributed by atoms with Crippen LogP contribution >= 0.6 is 23.7 Å². The fourth-order valence-electron chi connectivity index (χ4n) is 4.13. The van der Waals surface area contributed by atoms with Crippen molar-refractivity contribution in [2.24, 2.45) is 0 Å². The number of ether oxygens (including phenoxy) is 1. The number of aliphatic hydroxyl groups is 5.